The molecule has 0 aromatic heterocycles. The van der Waals surface area contributed by atoms with Gasteiger partial charge >= 0.3 is 6.03 Å². The number of likely N-dealkylation sites (N-methyl/N-ethyl adjacent to an activating group) is 1. The van der Waals surface area contributed by atoms with Crippen LogP contribution in [0, 0.1) is 0 Å². The highest BCUT2D eigenvalue weighted by Gasteiger charge is 2.27. The van der Waals surface area contributed by atoms with Gasteiger partial charge in [0.15, 0.2) is 0 Å². The molecule has 0 saturated heterocycles. The molecule has 0 heterocycles. The van der Waals surface area contributed by atoms with E-state index < -0.39 is 10.0 Å². The first-order chi connectivity index (χ1) is 12.8. The minimum atomic E-state index is -3.47. The number of amides is 2. The van der Waals surface area contributed by atoms with E-state index in [2.05, 4.69) is 22.2 Å². The van der Waals surface area contributed by atoms with Crippen LogP contribution in [0.4, 0.5) is 16.2 Å². The molecule has 2 aromatic rings. The maximum atomic E-state index is 12.6. The van der Waals surface area contributed by atoms with Crippen molar-refractivity contribution in [2.45, 2.75) is 18.9 Å². The molecule has 0 bridgehead atoms. The lowest BCUT2D eigenvalue weighted by Gasteiger charge is -2.25. The van der Waals surface area contributed by atoms with Gasteiger partial charge in [0.05, 0.1) is 19.1 Å². The fourth-order valence-electron chi connectivity index (χ4n) is 3.25. The predicted molar refractivity (Wildman–Crippen MR) is 106 cm³/mol. The number of urea groups is 1. The third kappa shape index (κ3) is 4.51. The van der Waals surface area contributed by atoms with Gasteiger partial charge in [0.25, 0.3) is 0 Å². The van der Waals surface area contributed by atoms with Crippen molar-refractivity contribution in [3.05, 3.63) is 53.6 Å². The van der Waals surface area contributed by atoms with Crippen molar-refractivity contribution >= 4 is 27.4 Å². The second kappa shape index (κ2) is 7.48. The summed E-state index contributed by atoms with van der Waals surface area (Å²) in [6, 6.07) is 12.9. The Hall–Kier alpha value is -2.74. The topological polar surface area (TPSA) is 87.7 Å². The van der Waals surface area contributed by atoms with E-state index in [4.69, 9.17) is 4.74 Å². The molecule has 3 rings (SSSR count). The van der Waals surface area contributed by atoms with E-state index in [1.54, 1.807) is 24.1 Å². The lowest BCUT2D eigenvalue weighted by atomic mass is 10.1. The first-order valence-electron chi connectivity index (χ1n) is 8.53. The van der Waals surface area contributed by atoms with Gasteiger partial charge < -0.3 is 15.0 Å². The summed E-state index contributed by atoms with van der Waals surface area (Å²) < 4.78 is 30.6. The fraction of sp³-hybridized carbons (Fsp3) is 0.316. The number of sulfonamides is 1. The number of hydrogen-bond donors (Lipinski definition) is 2. The molecule has 144 valence electrons. The van der Waals surface area contributed by atoms with E-state index >= 15 is 0 Å². The van der Waals surface area contributed by atoms with Crippen LogP contribution in [0.25, 0.3) is 0 Å². The number of carbonyl (C=O) groups excluding carboxylic acids is 1. The van der Waals surface area contributed by atoms with E-state index in [1.165, 1.54) is 24.3 Å². The largest absolute Gasteiger partial charge is 0.495 e. The third-order valence-electron chi connectivity index (χ3n) is 4.64. The average molecular weight is 389 g/mol. The molecule has 7 nitrogen and oxygen atoms in total. The summed E-state index contributed by atoms with van der Waals surface area (Å²) in [5.74, 6) is 0.373. The maximum absolute atomic E-state index is 12.6. The minimum Gasteiger partial charge on any atom is -0.495 e. The molecular formula is C19H23N3O4S. The van der Waals surface area contributed by atoms with Crippen molar-refractivity contribution in [3.8, 4) is 5.75 Å². The van der Waals surface area contributed by atoms with Crippen LogP contribution in [-0.2, 0) is 22.9 Å². The van der Waals surface area contributed by atoms with Gasteiger partial charge in [-0.1, -0.05) is 24.3 Å². The molecule has 8 heteroatoms. The molecule has 2 N–H and O–H groups in total. The summed E-state index contributed by atoms with van der Waals surface area (Å²) in [5, 5.41) is 2.82. The molecule has 0 saturated carbocycles. The predicted octanol–water partition coefficient (Wildman–Crippen LogP) is 2.70. The first kappa shape index (κ1) is 19.0. The summed E-state index contributed by atoms with van der Waals surface area (Å²) >= 11 is 0. The molecule has 2 amide bonds. The van der Waals surface area contributed by atoms with Crippen LogP contribution in [-0.4, -0.2) is 45.8 Å². The molecule has 1 aliphatic rings. The summed E-state index contributed by atoms with van der Waals surface area (Å²) in [5.41, 5.74) is 3.29. The summed E-state index contributed by atoms with van der Waals surface area (Å²) in [4.78, 5) is 14.3. The molecule has 0 fully saturated rings. The number of fused-ring (bicyclic) bond motifs is 1. The lowest BCUT2D eigenvalue weighted by Crippen LogP contribution is -2.40. The van der Waals surface area contributed by atoms with Gasteiger partial charge in [-0.3, -0.25) is 4.72 Å². The quantitative estimate of drug-likeness (QED) is 0.823. The second-order valence-electron chi connectivity index (χ2n) is 6.66. The summed E-state index contributed by atoms with van der Waals surface area (Å²) in [6.45, 7) is 0. The van der Waals surface area contributed by atoms with Crippen molar-refractivity contribution in [1.82, 2.24) is 4.90 Å². The molecule has 0 atom stereocenters. The Morgan fingerprint density at radius 1 is 1.15 bits per heavy atom. The number of nitrogens with zero attached hydrogens (tertiary/aromatic N) is 1. The Morgan fingerprint density at radius 3 is 2.33 bits per heavy atom. The summed E-state index contributed by atoms with van der Waals surface area (Å²) in [7, 11) is -0.248. The SMILES string of the molecule is COc1ccc(NC(=O)N(C)C2Cc3ccccc3C2)cc1NS(C)(=O)=O. The van der Waals surface area contributed by atoms with Crippen molar-refractivity contribution in [3.63, 3.8) is 0 Å². The number of ether oxygens (including phenoxy) is 1. The lowest BCUT2D eigenvalue weighted by molar-refractivity contribution is 0.205. The van der Waals surface area contributed by atoms with Crippen LogP contribution in [0.1, 0.15) is 11.1 Å². The molecule has 1 aliphatic carbocycles. The Balaban J connectivity index is 1.71. The number of hydrogen-bond acceptors (Lipinski definition) is 4. The normalized spacial score (nSPS) is 13.7. The fourth-order valence-corrected chi connectivity index (χ4v) is 3.81. The number of rotatable bonds is 5. The Labute approximate surface area is 159 Å². The van der Waals surface area contributed by atoms with Crippen LogP contribution in [0.15, 0.2) is 42.5 Å². The van der Waals surface area contributed by atoms with Gasteiger partial charge in [0, 0.05) is 18.8 Å². The zero-order valence-corrected chi connectivity index (χ0v) is 16.3. The number of benzene rings is 2. The van der Waals surface area contributed by atoms with Gasteiger partial charge in [0.1, 0.15) is 5.75 Å². The second-order valence-corrected chi connectivity index (χ2v) is 8.41. The van der Waals surface area contributed by atoms with Crippen molar-refractivity contribution in [2.24, 2.45) is 0 Å². The average Bonchev–Trinajstić information content (AvgIpc) is 3.04. The van der Waals surface area contributed by atoms with Gasteiger partial charge in [0.2, 0.25) is 10.0 Å². The van der Waals surface area contributed by atoms with Crippen molar-refractivity contribution < 1.29 is 17.9 Å². The summed E-state index contributed by atoms with van der Waals surface area (Å²) in [6.07, 6.45) is 2.70. The van der Waals surface area contributed by atoms with Gasteiger partial charge in [-0.15, -0.1) is 0 Å². The molecular weight excluding hydrogens is 366 g/mol. The maximum Gasteiger partial charge on any atom is 0.321 e. The monoisotopic (exact) mass is 389 g/mol. The highest BCUT2D eigenvalue weighted by Crippen LogP contribution is 2.29. The molecule has 27 heavy (non-hydrogen) atoms. The highest BCUT2D eigenvalue weighted by atomic mass is 32.2. The highest BCUT2D eigenvalue weighted by molar-refractivity contribution is 7.92. The zero-order chi connectivity index (χ0) is 19.6. The van der Waals surface area contributed by atoms with Gasteiger partial charge in [-0.2, -0.15) is 0 Å². The number of carbonyl (C=O) groups is 1. The van der Waals surface area contributed by atoms with E-state index in [9.17, 15) is 13.2 Å². The van der Waals surface area contributed by atoms with Crippen LogP contribution in [0.3, 0.4) is 0 Å². The standard InChI is InChI=1S/C19H23N3O4S/c1-22(16-10-13-6-4-5-7-14(13)11-16)19(23)20-15-8-9-18(26-2)17(12-15)21-27(3,24)25/h4-9,12,16,21H,10-11H2,1-3H3,(H,20,23). The molecule has 0 spiro atoms. The van der Waals surface area contributed by atoms with Crippen LogP contribution < -0.4 is 14.8 Å². The number of anilines is 2. The van der Waals surface area contributed by atoms with E-state index in [1.807, 2.05) is 12.1 Å². The van der Waals surface area contributed by atoms with E-state index in [-0.39, 0.29) is 17.8 Å². The van der Waals surface area contributed by atoms with Crippen molar-refractivity contribution in [1.29, 1.82) is 0 Å². The van der Waals surface area contributed by atoms with Crippen LogP contribution >= 0.6 is 0 Å². The minimum absolute atomic E-state index is 0.0919. The number of methoxy groups -OCH3 is 1. The Morgan fingerprint density at radius 2 is 1.78 bits per heavy atom. The first-order valence-corrected chi connectivity index (χ1v) is 10.4. The number of nitrogens with one attached hydrogen (secondary N) is 2. The Kier molecular flexibility index (Phi) is 5.27. The molecule has 0 radical (unpaired) electrons. The van der Waals surface area contributed by atoms with E-state index in [0.717, 1.165) is 19.1 Å². The van der Waals surface area contributed by atoms with E-state index in [0.29, 0.717) is 11.4 Å². The zero-order valence-electron chi connectivity index (χ0n) is 15.5. The third-order valence-corrected chi connectivity index (χ3v) is 5.23. The Bertz CT molecular complexity index is 934. The molecule has 2 aromatic carbocycles. The smallest absolute Gasteiger partial charge is 0.321 e. The molecule has 0 unspecified atom stereocenters. The molecule has 0 aliphatic heterocycles. The van der Waals surface area contributed by atoms with Crippen LogP contribution in [0.5, 0.6) is 5.75 Å². The van der Waals surface area contributed by atoms with Crippen molar-refractivity contribution in [2.75, 3.05) is 30.5 Å². The van der Waals surface area contributed by atoms with Gasteiger partial charge in [-0.05, 0) is 42.2 Å². The van der Waals surface area contributed by atoms with Gasteiger partial charge in [-0.25, -0.2) is 13.2 Å². The van der Waals surface area contributed by atoms with Crippen LogP contribution in [0.2, 0.25) is 0 Å².